The fourth-order valence-electron chi connectivity index (χ4n) is 1.55. The van der Waals surface area contributed by atoms with Gasteiger partial charge in [-0.1, -0.05) is 28.1 Å². The maximum Gasteiger partial charge on any atom is 0.271 e. The highest BCUT2D eigenvalue weighted by atomic mass is 79.9. The first kappa shape index (κ1) is 14.3. The van der Waals surface area contributed by atoms with Gasteiger partial charge in [-0.25, -0.2) is 5.43 Å². The standard InChI is InChI=1S/C15H13BrN2O2/c1-20-14-4-2-3-11(9-14)10-17-18-15(19)12-5-7-13(16)8-6-12/h2-10H,1H3,(H,18,19)/b17-10+. The molecule has 0 unspecified atom stereocenters. The molecule has 0 aromatic heterocycles. The third kappa shape index (κ3) is 3.93. The molecule has 0 atom stereocenters. The van der Waals surface area contributed by atoms with E-state index in [4.69, 9.17) is 4.74 Å². The van der Waals surface area contributed by atoms with Crippen LogP contribution in [0.2, 0.25) is 0 Å². The zero-order valence-corrected chi connectivity index (χ0v) is 12.4. The van der Waals surface area contributed by atoms with E-state index in [1.807, 2.05) is 24.3 Å². The molecule has 20 heavy (non-hydrogen) atoms. The van der Waals surface area contributed by atoms with Crippen molar-refractivity contribution in [1.29, 1.82) is 0 Å². The summed E-state index contributed by atoms with van der Waals surface area (Å²) >= 11 is 3.32. The number of benzene rings is 2. The normalized spacial score (nSPS) is 10.5. The number of nitrogens with one attached hydrogen (secondary N) is 1. The van der Waals surface area contributed by atoms with Crippen molar-refractivity contribution in [3.8, 4) is 5.75 Å². The summed E-state index contributed by atoms with van der Waals surface area (Å²) < 4.78 is 6.03. The number of ether oxygens (including phenoxy) is 1. The van der Waals surface area contributed by atoms with E-state index in [0.717, 1.165) is 15.8 Å². The summed E-state index contributed by atoms with van der Waals surface area (Å²) in [5.41, 5.74) is 3.88. The third-order valence-corrected chi connectivity index (χ3v) is 3.11. The molecule has 0 bridgehead atoms. The second-order valence-electron chi connectivity index (χ2n) is 3.98. The molecule has 0 aliphatic rings. The van der Waals surface area contributed by atoms with Crippen molar-refractivity contribution < 1.29 is 9.53 Å². The Morgan fingerprint density at radius 3 is 2.70 bits per heavy atom. The zero-order valence-electron chi connectivity index (χ0n) is 10.8. The SMILES string of the molecule is COc1cccc(/C=N/NC(=O)c2ccc(Br)cc2)c1. The summed E-state index contributed by atoms with van der Waals surface area (Å²) in [6, 6.07) is 14.5. The quantitative estimate of drug-likeness (QED) is 0.690. The first-order chi connectivity index (χ1) is 9.69. The van der Waals surface area contributed by atoms with Gasteiger partial charge in [-0.05, 0) is 42.0 Å². The van der Waals surface area contributed by atoms with Crippen molar-refractivity contribution in [3.63, 3.8) is 0 Å². The van der Waals surface area contributed by atoms with Crippen molar-refractivity contribution in [2.75, 3.05) is 7.11 Å². The molecule has 2 aromatic carbocycles. The molecule has 2 aromatic rings. The average Bonchev–Trinajstić information content (AvgIpc) is 2.48. The molecule has 0 saturated heterocycles. The summed E-state index contributed by atoms with van der Waals surface area (Å²) in [7, 11) is 1.60. The molecule has 5 heteroatoms. The lowest BCUT2D eigenvalue weighted by Gasteiger charge is -2.01. The summed E-state index contributed by atoms with van der Waals surface area (Å²) in [4.78, 5) is 11.8. The first-order valence-electron chi connectivity index (χ1n) is 5.92. The number of hydrogen-bond donors (Lipinski definition) is 1. The second-order valence-corrected chi connectivity index (χ2v) is 4.90. The number of carbonyl (C=O) groups excluding carboxylic acids is 1. The van der Waals surface area contributed by atoms with Gasteiger partial charge in [0.25, 0.3) is 5.91 Å². The Bertz CT molecular complexity index is 624. The summed E-state index contributed by atoms with van der Waals surface area (Å²) in [6.07, 6.45) is 1.57. The summed E-state index contributed by atoms with van der Waals surface area (Å²) in [5, 5.41) is 3.92. The van der Waals surface area contributed by atoms with E-state index in [9.17, 15) is 4.79 Å². The van der Waals surface area contributed by atoms with Crippen LogP contribution >= 0.6 is 15.9 Å². The van der Waals surface area contributed by atoms with E-state index >= 15 is 0 Å². The average molecular weight is 333 g/mol. The van der Waals surface area contributed by atoms with Gasteiger partial charge in [0.2, 0.25) is 0 Å². The molecular formula is C15H13BrN2O2. The Hall–Kier alpha value is -2.14. The topological polar surface area (TPSA) is 50.7 Å². The van der Waals surface area contributed by atoms with Crippen LogP contribution in [0.5, 0.6) is 5.75 Å². The number of rotatable bonds is 4. The lowest BCUT2D eigenvalue weighted by molar-refractivity contribution is 0.0955. The van der Waals surface area contributed by atoms with Gasteiger partial charge < -0.3 is 4.74 Å². The first-order valence-corrected chi connectivity index (χ1v) is 6.71. The van der Waals surface area contributed by atoms with Crippen molar-refractivity contribution >= 4 is 28.1 Å². The van der Waals surface area contributed by atoms with Crippen LogP contribution in [0.3, 0.4) is 0 Å². The van der Waals surface area contributed by atoms with Crippen LogP contribution in [0.15, 0.2) is 58.1 Å². The van der Waals surface area contributed by atoms with Crippen LogP contribution in [0.25, 0.3) is 0 Å². The molecule has 0 fully saturated rings. The Labute approximate surface area is 125 Å². The van der Waals surface area contributed by atoms with Crippen molar-refractivity contribution in [2.24, 2.45) is 5.10 Å². The summed E-state index contributed by atoms with van der Waals surface area (Å²) in [5.74, 6) is 0.491. The minimum Gasteiger partial charge on any atom is -0.497 e. The van der Waals surface area contributed by atoms with Gasteiger partial charge in [-0.3, -0.25) is 4.79 Å². The molecule has 0 saturated carbocycles. The number of hydrogen-bond acceptors (Lipinski definition) is 3. The van der Waals surface area contributed by atoms with Crippen LogP contribution in [0.4, 0.5) is 0 Å². The predicted molar refractivity (Wildman–Crippen MR) is 82.2 cm³/mol. The molecule has 2 rings (SSSR count). The number of halogens is 1. The fraction of sp³-hybridized carbons (Fsp3) is 0.0667. The smallest absolute Gasteiger partial charge is 0.271 e. The maximum atomic E-state index is 11.8. The van der Waals surface area contributed by atoms with Gasteiger partial charge in [0.15, 0.2) is 0 Å². The molecule has 0 heterocycles. The monoisotopic (exact) mass is 332 g/mol. The number of amides is 1. The number of hydrazone groups is 1. The third-order valence-electron chi connectivity index (χ3n) is 2.58. The number of nitrogens with zero attached hydrogens (tertiary/aromatic N) is 1. The van der Waals surface area contributed by atoms with Crippen molar-refractivity contribution in [3.05, 3.63) is 64.1 Å². The minimum absolute atomic E-state index is 0.253. The highest BCUT2D eigenvalue weighted by Crippen LogP contribution is 2.11. The van der Waals surface area contributed by atoms with E-state index < -0.39 is 0 Å². The van der Waals surface area contributed by atoms with Crippen LogP contribution in [-0.4, -0.2) is 19.2 Å². The van der Waals surface area contributed by atoms with Crippen molar-refractivity contribution in [1.82, 2.24) is 5.43 Å². The fourth-order valence-corrected chi connectivity index (χ4v) is 1.82. The Kier molecular flexibility index (Phi) is 4.90. The molecule has 0 spiro atoms. The highest BCUT2D eigenvalue weighted by Gasteiger charge is 2.02. The minimum atomic E-state index is -0.253. The van der Waals surface area contributed by atoms with E-state index in [-0.39, 0.29) is 5.91 Å². The highest BCUT2D eigenvalue weighted by molar-refractivity contribution is 9.10. The Balaban J connectivity index is 1.98. The van der Waals surface area contributed by atoms with E-state index in [1.165, 1.54) is 0 Å². The van der Waals surface area contributed by atoms with Crippen LogP contribution in [0, 0.1) is 0 Å². The largest absolute Gasteiger partial charge is 0.497 e. The molecule has 0 radical (unpaired) electrons. The van der Waals surface area contributed by atoms with Gasteiger partial charge in [0.05, 0.1) is 13.3 Å². The van der Waals surface area contributed by atoms with Crippen LogP contribution < -0.4 is 10.2 Å². The predicted octanol–water partition coefficient (Wildman–Crippen LogP) is 3.22. The molecular weight excluding hydrogens is 320 g/mol. The number of carbonyl (C=O) groups is 1. The van der Waals surface area contributed by atoms with E-state index in [2.05, 4.69) is 26.5 Å². The molecule has 0 aliphatic heterocycles. The lowest BCUT2D eigenvalue weighted by Crippen LogP contribution is -2.17. The van der Waals surface area contributed by atoms with Crippen LogP contribution in [-0.2, 0) is 0 Å². The molecule has 1 N–H and O–H groups in total. The van der Waals surface area contributed by atoms with E-state index in [1.54, 1.807) is 37.6 Å². The molecule has 1 amide bonds. The molecule has 102 valence electrons. The Morgan fingerprint density at radius 2 is 2.00 bits per heavy atom. The number of methoxy groups -OCH3 is 1. The van der Waals surface area contributed by atoms with Crippen LogP contribution in [0.1, 0.15) is 15.9 Å². The molecule has 4 nitrogen and oxygen atoms in total. The molecule has 0 aliphatic carbocycles. The van der Waals surface area contributed by atoms with Gasteiger partial charge in [-0.15, -0.1) is 0 Å². The van der Waals surface area contributed by atoms with Crippen molar-refractivity contribution in [2.45, 2.75) is 0 Å². The summed E-state index contributed by atoms with van der Waals surface area (Å²) in [6.45, 7) is 0. The van der Waals surface area contributed by atoms with Gasteiger partial charge >= 0.3 is 0 Å². The second kappa shape index (κ2) is 6.86. The van der Waals surface area contributed by atoms with Gasteiger partial charge in [0.1, 0.15) is 5.75 Å². The van der Waals surface area contributed by atoms with Gasteiger partial charge in [0, 0.05) is 10.0 Å². The lowest BCUT2D eigenvalue weighted by atomic mass is 10.2. The van der Waals surface area contributed by atoms with E-state index in [0.29, 0.717) is 5.56 Å². The zero-order chi connectivity index (χ0) is 14.4. The Morgan fingerprint density at radius 1 is 1.25 bits per heavy atom. The van der Waals surface area contributed by atoms with Gasteiger partial charge in [-0.2, -0.15) is 5.10 Å². The maximum absolute atomic E-state index is 11.8.